The Hall–Kier alpha value is -3.65. The number of carbonyl (C=O) groups is 2. The molecule has 0 radical (unpaired) electrons. The maximum atomic E-state index is 13.0. The highest BCUT2D eigenvalue weighted by molar-refractivity contribution is 7.18. The first-order valence-corrected chi connectivity index (χ1v) is 12.9. The van der Waals surface area contributed by atoms with Crippen LogP contribution in [0.4, 0.5) is 0 Å². The Bertz CT molecular complexity index is 1620. The number of methoxy groups -OCH3 is 1. The molecule has 5 rings (SSSR count). The summed E-state index contributed by atoms with van der Waals surface area (Å²) in [6.45, 7) is 0. The molecular formula is C28H20Cl2N2O4S. The molecule has 0 aliphatic rings. The highest BCUT2D eigenvalue weighted by Crippen LogP contribution is 2.40. The van der Waals surface area contributed by atoms with Crippen LogP contribution in [-0.2, 0) is 4.79 Å². The highest BCUT2D eigenvalue weighted by atomic mass is 35.5. The SMILES string of the molecule is COc1ccc(-c2sc(-n3cc(C(=O)CCC(=O)O)c4cc(Cl)ccc43)nc2-c2ccc(Cl)cc2)cc1. The van der Waals surface area contributed by atoms with Crippen LogP contribution < -0.4 is 4.74 Å². The lowest BCUT2D eigenvalue weighted by molar-refractivity contribution is -0.136. The van der Waals surface area contributed by atoms with E-state index in [2.05, 4.69) is 0 Å². The molecule has 37 heavy (non-hydrogen) atoms. The van der Waals surface area contributed by atoms with Crippen molar-refractivity contribution in [3.63, 3.8) is 0 Å². The third-order valence-corrected chi connectivity index (χ3v) is 7.52. The van der Waals surface area contributed by atoms with Gasteiger partial charge in [0.2, 0.25) is 0 Å². The zero-order valence-electron chi connectivity index (χ0n) is 19.6. The van der Waals surface area contributed by atoms with Gasteiger partial charge in [-0.2, -0.15) is 0 Å². The fraction of sp³-hybridized carbons (Fsp3) is 0.107. The van der Waals surface area contributed by atoms with Gasteiger partial charge in [-0.05, 0) is 60.2 Å². The number of carboxylic acids is 1. The van der Waals surface area contributed by atoms with E-state index in [0.29, 0.717) is 26.1 Å². The van der Waals surface area contributed by atoms with E-state index in [1.807, 2.05) is 59.2 Å². The number of Topliss-reactive ketones (excluding diaryl/α,β-unsaturated/α-hetero) is 1. The molecule has 0 atom stereocenters. The zero-order chi connectivity index (χ0) is 26.1. The molecule has 5 aromatic rings. The van der Waals surface area contributed by atoms with Crippen molar-refractivity contribution < 1.29 is 19.4 Å². The van der Waals surface area contributed by atoms with E-state index in [1.165, 1.54) is 11.3 Å². The van der Waals surface area contributed by atoms with Gasteiger partial charge >= 0.3 is 5.97 Å². The summed E-state index contributed by atoms with van der Waals surface area (Å²) in [5.41, 5.74) is 3.80. The summed E-state index contributed by atoms with van der Waals surface area (Å²) in [7, 11) is 1.62. The van der Waals surface area contributed by atoms with Crippen LogP contribution in [0, 0.1) is 0 Å². The molecule has 0 amide bonds. The van der Waals surface area contributed by atoms with Crippen molar-refractivity contribution in [1.29, 1.82) is 0 Å². The van der Waals surface area contributed by atoms with E-state index < -0.39 is 5.97 Å². The van der Waals surface area contributed by atoms with Crippen molar-refractivity contribution in [2.24, 2.45) is 0 Å². The minimum atomic E-state index is -1.02. The topological polar surface area (TPSA) is 81.4 Å². The van der Waals surface area contributed by atoms with Crippen LogP contribution in [0.25, 0.3) is 37.7 Å². The van der Waals surface area contributed by atoms with Gasteiger partial charge in [0.05, 0.1) is 29.6 Å². The standard InChI is InChI=1S/C28H20Cl2N2O4S/c1-36-20-9-4-17(5-10-20)27-26(16-2-6-18(29)7-3-16)31-28(37-27)32-15-22(24(33)12-13-25(34)35)21-14-19(30)8-11-23(21)32/h2-11,14-15H,12-13H2,1H3,(H,34,35). The minimum Gasteiger partial charge on any atom is -0.497 e. The largest absolute Gasteiger partial charge is 0.497 e. The van der Waals surface area contributed by atoms with Crippen LogP contribution in [0.5, 0.6) is 5.75 Å². The molecule has 0 aliphatic carbocycles. The fourth-order valence-corrected chi connectivity index (χ4v) is 5.47. The number of carbonyl (C=O) groups excluding carboxylic acids is 1. The van der Waals surface area contributed by atoms with E-state index >= 15 is 0 Å². The second-order valence-corrected chi connectivity index (χ2v) is 10.2. The van der Waals surface area contributed by atoms with Gasteiger partial charge in [-0.1, -0.05) is 46.7 Å². The second-order valence-electron chi connectivity index (χ2n) is 8.30. The smallest absolute Gasteiger partial charge is 0.303 e. The summed E-state index contributed by atoms with van der Waals surface area (Å²) in [5.74, 6) is -0.538. The monoisotopic (exact) mass is 550 g/mol. The summed E-state index contributed by atoms with van der Waals surface area (Å²) in [6.07, 6.45) is 1.37. The van der Waals surface area contributed by atoms with Crippen LogP contribution >= 0.6 is 34.5 Å². The van der Waals surface area contributed by atoms with E-state index in [9.17, 15) is 9.59 Å². The summed E-state index contributed by atoms with van der Waals surface area (Å²) in [4.78, 5) is 29.9. The number of thiazole rings is 1. The Balaban J connectivity index is 1.68. The molecule has 1 N–H and O–H groups in total. The van der Waals surface area contributed by atoms with Crippen LogP contribution in [0.2, 0.25) is 10.0 Å². The van der Waals surface area contributed by atoms with Gasteiger partial charge in [-0.3, -0.25) is 14.2 Å². The predicted octanol–water partition coefficient (Wildman–Crippen LogP) is 7.78. The number of halogens is 2. The van der Waals surface area contributed by atoms with E-state index in [1.54, 1.807) is 25.4 Å². The summed E-state index contributed by atoms with van der Waals surface area (Å²) < 4.78 is 7.17. The Morgan fingerprint density at radius 3 is 2.30 bits per heavy atom. The Morgan fingerprint density at radius 2 is 1.62 bits per heavy atom. The molecule has 0 saturated heterocycles. The molecule has 0 saturated carbocycles. The van der Waals surface area contributed by atoms with Crippen LogP contribution in [0.1, 0.15) is 23.2 Å². The number of hydrogen-bond acceptors (Lipinski definition) is 5. The molecule has 2 aromatic heterocycles. The number of carboxylic acid groups (broad SMARTS) is 1. The Kier molecular flexibility index (Phi) is 7.02. The number of benzene rings is 3. The van der Waals surface area contributed by atoms with Gasteiger partial charge < -0.3 is 9.84 Å². The second kappa shape index (κ2) is 10.4. The maximum absolute atomic E-state index is 13.0. The predicted molar refractivity (Wildman–Crippen MR) is 148 cm³/mol. The quantitative estimate of drug-likeness (QED) is 0.199. The van der Waals surface area contributed by atoms with Gasteiger partial charge in [-0.15, -0.1) is 0 Å². The molecule has 2 heterocycles. The summed E-state index contributed by atoms with van der Waals surface area (Å²) in [6, 6.07) is 20.5. The number of ketones is 1. The van der Waals surface area contributed by atoms with Gasteiger partial charge in [0.15, 0.2) is 10.9 Å². The summed E-state index contributed by atoms with van der Waals surface area (Å²) >= 11 is 13.9. The van der Waals surface area contributed by atoms with Gasteiger partial charge in [0.1, 0.15) is 5.75 Å². The van der Waals surface area contributed by atoms with Gasteiger partial charge in [0.25, 0.3) is 0 Å². The van der Waals surface area contributed by atoms with E-state index in [0.717, 1.165) is 33.0 Å². The molecule has 0 fully saturated rings. The molecule has 0 unspecified atom stereocenters. The number of aliphatic carboxylic acids is 1. The van der Waals surface area contributed by atoms with Crippen LogP contribution in [-0.4, -0.2) is 33.5 Å². The number of ether oxygens (including phenoxy) is 1. The van der Waals surface area contributed by atoms with E-state index in [-0.39, 0.29) is 18.6 Å². The Morgan fingerprint density at radius 1 is 0.946 bits per heavy atom. The molecule has 6 nitrogen and oxygen atoms in total. The first-order valence-electron chi connectivity index (χ1n) is 11.3. The average molecular weight is 551 g/mol. The average Bonchev–Trinajstić information content (AvgIpc) is 3.50. The number of fused-ring (bicyclic) bond motifs is 1. The zero-order valence-corrected chi connectivity index (χ0v) is 21.9. The maximum Gasteiger partial charge on any atom is 0.303 e. The first-order chi connectivity index (χ1) is 17.8. The van der Waals surface area contributed by atoms with Crippen molar-refractivity contribution in [2.75, 3.05) is 7.11 Å². The number of rotatable bonds is 8. The lowest BCUT2D eigenvalue weighted by Crippen LogP contribution is -2.03. The lowest BCUT2D eigenvalue weighted by Gasteiger charge is -2.04. The van der Waals surface area contributed by atoms with Crippen molar-refractivity contribution in [2.45, 2.75) is 12.8 Å². The van der Waals surface area contributed by atoms with Gasteiger partial charge in [0, 0.05) is 39.2 Å². The third-order valence-electron chi connectivity index (χ3n) is 5.92. The normalized spacial score (nSPS) is 11.1. The first kappa shape index (κ1) is 25.0. The van der Waals surface area contributed by atoms with Crippen LogP contribution in [0.15, 0.2) is 72.9 Å². The van der Waals surface area contributed by atoms with Crippen LogP contribution in [0.3, 0.4) is 0 Å². The van der Waals surface area contributed by atoms with Crippen molar-refractivity contribution >= 4 is 57.2 Å². The molecule has 3 aromatic carbocycles. The molecular weight excluding hydrogens is 531 g/mol. The summed E-state index contributed by atoms with van der Waals surface area (Å²) in [5, 5.41) is 11.5. The van der Waals surface area contributed by atoms with Crippen molar-refractivity contribution in [1.82, 2.24) is 9.55 Å². The van der Waals surface area contributed by atoms with E-state index in [4.69, 9.17) is 38.0 Å². The molecule has 0 spiro atoms. The Labute approximate surface area is 226 Å². The molecule has 186 valence electrons. The molecule has 9 heteroatoms. The number of hydrogen-bond donors (Lipinski definition) is 1. The number of aromatic nitrogens is 2. The lowest BCUT2D eigenvalue weighted by atomic mass is 10.1. The van der Waals surface area contributed by atoms with Crippen molar-refractivity contribution in [3.8, 4) is 32.6 Å². The van der Waals surface area contributed by atoms with Gasteiger partial charge in [-0.25, -0.2) is 4.98 Å². The van der Waals surface area contributed by atoms with Crippen molar-refractivity contribution in [3.05, 3.63) is 88.5 Å². The molecule has 0 bridgehead atoms. The number of nitrogens with zero attached hydrogens (tertiary/aromatic N) is 2. The highest BCUT2D eigenvalue weighted by Gasteiger charge is 2.21. The third kappa shape index (κ3) is 5.11. The minimum absolute atomic E-state index is 0.105. The fourth-order valence-electron chi connectivity index (χ4n) is 4.09. The molecule has 0 aliphatic heterocycles.